The summed E-state index contributed by atoms with van der Waals surface area (Å²) in [6.07, 6.45) is 0. The second-order valence-corrected chi connectivity index (χ2v) is 5.57. The van der Waals surface area contributed by atoms with E-state index in [1.807, 2.05) is 27.7 Å². The van der Waals surface area contributed by atoms with Crippen molar-refractivity contribution < 1.29 is 19.1 Å². The van der Waals surface area contributed by atoms with Crippen molar-refractivity contribution in [1.82, 2.24) is 4.90 Å². The monoisotopic (exact) mass is 296 g/mol. The molecule has 0 fully saturated rings. The summed E-state index contributed by atoms with van der Waals surface area (Å²) in [5, 5.41) is 11.6. The summed E-state index contributed by atoms with van der Waals surface area (Å²) in [6, 6.07) is 2.84. The number of urea groups is 1. The Hall–Kier alpha value is -2.11. The molecule has 6 heteroatoms. The fraction of sp³-hybridized carbons (Fsp3) is 0.467. The van der Waals surface area contributed by atoms with Crippen LogP contribution in [0.3, 0.4) is 0 Å². The van der Waals surface area contributed by atoms with Crippen LogP contribution in [0, 0.1) is 11.7 Å². The van der Waals surface area contributed by atoms with Crippen LogP contribution in [0.25, 0.3) is 0 Å². The van der Waals surface area contributed by atoms with Gasteiger partial charge in [0.15, 0.2) is 0 Å². The van der Waals surface area contributed by atoms with Gasteiger partial charge >= 0.3 is 12.0 Å². The third-order valence-electron chi connectivity index (χ3n) is 2.90. The predicted octanol–water partition coefficient (Wildman–Crippen LogP) is 3.42. The third-order valence-corrected chi connectivity index (χ3v) is 2.90. The van der Waals surface area contributed by atoms with Crippen molar-refractivity contribution in [3.8, 4) is 0 Å². The van der Waals surface area contributed by atoms with Crippen LogP contribution in [0.4, 0.5) is 14.9 Å². The molecule has 0 aliphatic carbocycles. The molecule has 0 heterocycles. The second-order valence-electron chi connectivity index (χ2n) is 5.57. The third kappa shape index (κ3) is 4.73. The van der Waals surface area contributed by atoms with E-state index in [1.54, 1.807) is 4.90 Å². The zero-order valence-corrected chi connectivity index (χ0v) is 12.7. The molecular weight excluding hydrogens is 275 g/mol. The summed E-state index contributed by atoms with van der Waals surface area (Å²) >= 11 is 0. The maximum absolute atomic E-state index is 13.1. The molecular formula is C15H21FN2O3. The van der Waals surface area contributed by atoms with Crippen LogP contribution >= 0.6 is 0 Å². The van der Waals surface area contributed by atoms with Gasteiger partial charge in [0.05, 0.1) is 11.3 Å². The maximum Gasteiger partial charge on any atom is 0.337 e. The van der Waals surface area contributed by atoms with Gasteiger partial charge in [-0.15, -0.1) is 0 Å². The molecule has 0 aromatic heterocycles. The van der Waals surface area contributed by atoms with Gasteiger partial charge in [-0.2, -0.15) is 0 Å². The van der Waals surface area contributed by atoms with Gasteiger partial charge in [-0.05, 0) is 38.0 Å². The summed E-state index contributed by atoms with van der Waals surface area (Å²) < 4.78 is 13.1. The number of hydrogen-bond acceptors (Lipinski definition) is 2. The first-order valence-corrected chi connectivity index (χ1v) is 6.82. The van der Waals surface area contributed by atoms with Crippen LogP contribution < -0.4 is 5.32 Å². The highest BCUT2D eigenvalue weighted by molar-refractivity contribution is 6.00. The highest BCUT2D eigenvalue weighted by Crippen LogP contribution is 2.18. The number of carboxylic acids is 1. The molecule has 0 atom stereocenters. The predicted molar refractivity (Wildman–Crippen MR) is 79.1 cm³/mol. The Labute approximate surface area is 123 Å². The summed E-state index contributed by atoms with van der Waals surface area (Å²) in [5.41, 5.74) is -0.181. The van der Waals surface area contributed by atoms with Crippen LogP contribution in [0.1, 0.15) is 38.1 Å². The Bertz CT molecular complexity index is 530. The number of rotatable bonds is 5. The first-order valence-electron chi connectivity index (χ1n) is 6.82. The molecule has 0 radical (unpaired) electrons. The maximum atomic E-state index is 13.1. The van der Waals surface area contributed by atoms with E-state index in [4.69, 9.17) is 5.11 Å². The second kappa shape index (κ2) is 7.06. The standard InChI is InChI=1S/C15H21FN2O3/c1-9(2)8-18(10(3)4)15(21)17-13-6-5-11(16)7-12(13)14(19)20/h5-7,9-10H,8H2,1-4H3,(H,17,21)(H,19,20). The molecule has 1 aromatic carbocycles. The van der Waals surface area contributed by atoms with E-state index in [0.29, 0.717) is 6.54 Å². The fourth-order valence-corrected chi connectivity index (χ4v) is 1.91. The average Bonchev–Trinajstić information content (AvgIpc) is 2.37. The van der Waals surface area contributed by atoms with Crippen molar-refractivity contribution in [2.45, 2.75) is 33.7 Å². The van der Waals surface area contributed by atoms with Crippen molar-refractivity contribution in [2.24, 2.45) is 5.92 Å². The average molecular weight is 296 g/mol. The van der Waals surface area contributed by atoms with Crippen molar-refractivity contribution in [3.63, 3.8) is 0 Å². The highest BCUT2D eigenvalue weighted by atomic mass is 19.1. The van der Waals surface area contributed by atoms with Crippen LogP contribution in [0.5, 0.6) is 0 Å². The first-order chi connectivity index (χ1) is 9.72. The molecule has 5 nitrogen and oxygen atoms in total. The first kappa shape index (κ1) is 16.9. The number of halogens is 1. The van der Waals surface area contributed by atoms with E-state index >= 15 is 0 Å². The zero-order chi connectivity index (χ0) is 16.2. The number of anilines is 1. The van der Waals surface area contributed by atoms with Gasteiger partial charge in [0, 0.05) is 12.6 Å². The number of carbonyl (C=O) groups is 2. The van der Waals surface area contributed by atoms with Crippen LogP contribution in [0.15, 0.2) is 18.2 Å². The van der Waals surface area contributed by atoms with E-state index in [2.05, 4.69) is 5.32 Å². The van der Waals surface area contributed by atoms with Crippen molar-refractivity contribution >= 4 is 17.7 Å². The van der Waals surface area contributed by atoms with Gasteiger partial charge in [0.1, 0.15) is 5.82 Å². The van der Waals surface area contributed by atoms with Crippen LogP contribution in [-0.2, 0) is 0 Å². The van der Waals surface area contributed by atoms with E-state index in [-0.39, 0.29) is 23.2 Å². The lowest BCUT2D eigenvalue weighted by Crippen LogP contribution is -2.42. The lowest BCUT2D eigenvalue weighted by atomic mass is 10.1. The highest BCUT2D eigenvalue weighted by Gasteiger charge is 2.20. The van der Waals surface area contributed by atoms with Gasteiger partial charge < -0.3 is 15.3 Å². The Morgan fingerprint density at radius 3 is 2.38 bits per heavy atom. The quantitative estimate of drug-likeness (QED) is 0.874. The molecule has 0 bridgehead atoms. The molecule has 2 amide bonds. The van der Waals surface area contributed by atoms with Gasteiger partial charge in [-0.25, -0.2) is 14.0 Å². The SMILES string of the molecule is CC(C)CN(C(=O)Nc1ccc(F)cc1C(=O)O)C(C)C. The minimum Gasteiger partial charge on any atom is -0.478 e. The molecule has 2 N–H and O–H groups in total. The molecule has 21 heavy (non-hydrogen) atoms. The molecule has 0 unspecified atom stereocenters. The molecule has 0 saturated heterocycles. The number of benzene rings is 1. The van der Waals surface area contributed by atoms with Crippen molar-refractivity contribution in [3.05, 3.63) is 29.6 Å². The van der Waals surface area contributed by atoms with E-state index in [1.165, 1.54) is 6.07 Å². The minimum atomic E-state index is -1.29. The smallest absolute Gasteiger partial charge is 0.337 e. The Kier molecular flexibility index (Phi) is 5.69. The summed E-state index contributed by atoms with van der Waals surface area (Å²) in [7, 11) is 0. The van der Waals surface area contributed by atoms with E-state index in [0.717, 1.165) is 12.1 Å². The molecule has 0 aliphatic heterocycles. The minimum absolute atomic E-state index is 0.0267. The van der Waals surface area contributed by atoms with Crippen molar-refractivity contribution in [2.75, 3.05) is 11.9 Å². The molecule has 0 aliphatic rings. The Morgan fingerprint density at radius 2 is 1.90 bits per heavy atom. The van der Waals surface area contributed by atoms with Gasteiger partial charge in [0.2, 0.25) is 0 Å². The molecule has 1 rings (SSSR count). The fourth-order valence-electron chi connectivity index (χ4n) is 1.91. The number of nitrogens with zero attached hydrogens (tertiary/aromatic N) is 1. The van der Waals surface area contributed by atoms with E-state index < -0.39 is 17.8 Å². The Balaban J connectivity index is 2.98. The zero-order valence-electron chi connectivity index (χ0n) is 12.7. The molecule has 0 spiro atoms. The van der Waals surface area contributed by atoms with E-state index in [9.17, 15) is 14.0 Å². The largest absolute Gasteiger partial charge is 0.478 e. The number of aromatic carboxylic acids is 1. The lowest BCUT2D eigenvalue weighted by molar-refractivity contribution is 0.0697. The van der Waals surface area contributed by atoms with Gasteiger partial charge in [0.25, 0.3) is 0 Å². The van der Waals surface area contributed by atoms with Crippen LogP contribution in [-0.4, -0.2) is 34.6 Å². The van der Waals surface area contributed by atoms with Gasteiger partial charge in [-0.1, -0.05) is 13.8 Å². The molecule has 116 valence electrons. The molecule has 0 saturated carbocycles. The van der Waals surface area contributed by atoms with Crippen LogP contribution in [0.2, 0.25) is 0 Å². The lowest BCUT2D eigenvalue weighted by Gasteiger charge is -2.28. The topological polar surface area (TPSA) is 69.6 Å². The summed E-state index contributed by atoms with van der Waals surface area (Å²) in [4.78, 5) is 25.0. The summed E-state index contributed by atoms with van der Waals surface area (Å²) in [5.74, 6) is -1.66. The number of carbonyl (C=O) groups excluding carboxylic acids is 1. The summed E-state index contributed by atoms with van der Waals surface area (Å²) in [6.45, 7) is 8.29. The Morgan fingerprint density at radius 1 is 1.29 bits per heavy atom. The number of carboxylic acid groups (broad SMARTS) is 1. The van der Waals surface area contributed by atoms with Crippen molar-refractivity contribution in [1.29, 1.82) is 0 Å². The normalized spacial score (nSPS) is 10.8. The number of amides is 2. The number of nitrogens with one attached hydrogen (secondary N) is 1. The molecule has 1 aromatic rings. The number of hydrogen-bond donors (Lipinski definition) is 2. The van der Waals surface area contributed by atoms with Gasteiger partial charge in [-0.3, -0.25) is 0 Å².